The minimum absolute atomic E-state index is 0.000422. The molecule has 5 aromatic rings. The van der Waals surface area contributed by atoms with Gasteiger partial charge in [0.05, 0.1) is 15.0 Å². The van der Waals surface area contributed by atoms with Gasteiger partial charge in [0, 0.05) is 41.7 Å². The first-order valence-corrected chi connectivity index (χ1v) is 30.8. The van der Waals surface area contributed by atoms with E-state index in [4.69, 9.17) is 45.0 Å². The molecule has 17 nitrogen and oxygen atoms in total. The molecule has 0 amide bonds. The van der Waals surface area contributed by atoms with Crippen molar-refractivity contribution in [3.8, 4) is 11.4 Å². The van der Waals surface area contributed by atoms with Crippen LogP contribution in [0.15, 0.2) is 85.2 Å². The topological polar surface area (TPSA) is 231 Å². The van der Waals surface area contributed by atoms with E-state index in [-0.39, 0.29) is 11.7 Å². The Morgan fingerprint density at radius 1 is 0.803 bits per heavy atom. The molecular weight excluding hydrogens is 891 g/mol. The fourth-order valence-corrected chi connectivity index (χ4v) is 6.86. The molecule has 0 bridgehead atoms. The summed E-state index contributed by atoms with van der Waals surface area (Å²) in [5, 5.41) is 34.5. The monoisotopic (exact) mass is 932 g/mol. The summed E-state index contributed by atoms with van der Waals surface area (Å²) in [5.41, 5.74) is 3.25. The van der Waals surface area contributed by atoms with Crippen molar-refractivity contribution >= 4 is 128 Å². The van der Waals surface area contributed by atoms with Crippen molar-refractivity contribution in [2.75, 3.05) is 31.5 Å². The van der Waals surface area contributed by atoms with Crippen molar-refractivity contribution in [1.82, 2.24) is 29.1 Å². The van der Waals surface area contributed by atoms with Crippen LogP contribution in [-0.2, 0) is 18.5 Å². The number of nitrogens with one attached hydrogen (secondary N) is 1. The molecule has 3 N–H and O–H groups in total. The SMILES string of the molecule is CB(O)N1CCC(Nc2ncccc2[N+](=O)[O-])CC1.CB(O)N1CCC(n2c(-c3ccccc3Cl)nc3cccnc32)CC1.O=Cc1ccccc1Cl.O=S(=O)=S(=O)=O.[Na][Na]. The van der Waals surface area contributed by atoms with Crippen LogP contribution < -0.4 is 5.32 Å². The van der Waals surface area contributed by atoms with Gasteiger partial charge in [0.1, 0.15) is 11.3 Å². The fraction of sp³-hybridized carbons (Fsp3) is 0.333. The van der Waals surface area contributed by atoms with Gasteiger partial charge in [-0.15, -0.1) is 0 Å². The summed E-state index contributed by atoms with van der Waals surface area (Å²) in [6, 6.07) is 22.1. The molecule has 3 aromatic heterocycles. The summed E-state index contributed by atoms with van der Waals surface area (Å²) in [7, 11) is -6.74. The number of benzene rings is 2. The second-order valence-corrected chi connectivity index (χ2v) is 16.6. The molecule has 2 fully saturated rings. The molecule has 2 aliphatic rings. The van der Waals surface area contributed by atoms with Crippen molar-refractivity contribution in [2.45, 2.75) is 51.4 Å². The number of piperidine rings is 2. The van der Waals surface area contributed by atoms with Gasteiger partial charge in [-0.3, -0.25) is 14.9 Å². The molecule has 2 saturated heterocycles. The van der Waals surface area contributed by atoms with Gasteiger partial charge in [-0.2, -0.15) is 16.8 Å². The van der Waals surface area contributed by atoms with E-state index in [1.54, 1.807) is 43.4 Å². The summed E-state index contributed by atoms with van der Waals surface area (Å²) in [6.07, 6.45) is 7.65. The summed E-state index contributed by atoms with van der Waals surface area (Å²) in [4.78, 5) is 38.1. The van der Waals surface area contributed by atoms with Gasteiger partial charge in [0.25, 0.3) is 0 Å². The van der Waals surface area contributed by atoms with Crippen LogP contribution in [0.25, 0.3) is 22.6 Å². The second kappa shape index (κ2) is 27.5. The van der Waals surface area contributed by atoms with Crippen molar-refractivity contribution < 1.29 is 36.6 Å². The predicted octanol–water partition coefficient (Wildman–Crippen LogP) is 4.53. The van der Waals surface area contributed by atoms with E-state index in [0.29, 0.717) is 27.5 Å². The molecule has 7 rings (SSSR count). The standard InChI is InChI=1S/C18H20BClN4O.C11H17BN4O3.C7H5ClO.2Na.O4S2/c1-19(25)23-11-8-13(9-12-23)24-17(14-5-2-3-6-15(14)20)22-16-7-4-10-21-18(16)24;1-12(17)15-7-4-9(5-8-15)14-11-10(16(18)19)3-2-6-13-11;8-7-4-2-1-3-6(7)5-9;;;1-5(2)6(3)4/h2-7,10,13,25H,8-9,11-12H2,1H3;2-3,6,9,17H,4-5,7-8H2,1H3,(H,13,14);1-5H;;;. The Kier molecular flexibility index (Phi) is 23.7. The van der Waals surface area contributed by atoms with Crippen LogP contribution in [-0.4, -0.2) is 157 Å². The Morgan fingerprint density at radius 2 is 1.33 bits per heavy atom. The molecule has 61 heavy (non-hydrogen) atoms. The van der Waals surface area contributed by atoms with Crippen molar-refractivity contribution in [3.05, 3.63) is 111 Å². The number of aldehydes is 1. The molecule has 314 valence electrons. The van der Waals surface area contributed by atoms with Gasteiger partial charge >= 0.3 is 81.9 Å². The molecule has 0 atom stereocenters. The number of fused-ring (bicyclic) bond motifs is 1. The zero-order valence-corrected chi connectivity index (χ0v) is 41.2. The summed E-state index contributed by atoms with van der Waals surface area (Å²) < 4.78 is 38.6. The number of carbonyl (C=O) groups excluding carboxylic acids is 1. The molecule has 0 saturated carbocycles. The van der Waals surface area contributed by atoms with Crippen molar-refractivity contribution in [2.24, 2.45) is 0 Å². The molecule has 25 heteroatoms. The number of rotatable bonds is 8. The van der Waals surface area contributed by atoms with Crippen LogP contribution in [0.5, 0.6) is 0 Å². The Morgan fingerprint density at radius 3 is 1.84 bits per heavy atom. The fourth-order valence-electron chi connectivity index (χ4n) is 6.46. The first kappa shape index (κ1) is 52.6. The Balaban J connectivity index is 0.000000242. The number of imidazole rings is 1. The molecule has 0 aliphatic carbocycles. The zero-order chi connectivity index (χ0) is 45.1. The Hall–Kier alpha value is -2.73. The number of halogens is 2. The third-order valence-electron chi connectivity index (χ3n) is 9.48. The maximum absolute atomic E-state index is 10.9. The van der Waals surface area contributed by atoms with Gasteiger partial charge in [-0.05, 0) is 102 Å². The van der Waals surface area contributed by atoms with Crippen LogP contribution in [0.1, 0.15) is 42.1 Å². The van der Waals surface area contributed by atoms with Crippen molar-refractivity contribution in [1.29, 1.82) is 0 Å². The average Bonchev–Trinajstić information content (AvgIpc) is 3.65. The first-order valence-electron chi connectivity index (χ1n) is 19.4. The van der Waals surface area contributed by atoms with E-state index in [1.165, 1.54) is 49.7 Å². The van der Waals surface area contributed by atoms with Crippen LogP contribution in [0, 0.1) is 10.1 Å². The number of carbonyl (C=O) groups is 1. The third kappa shape index (κ3) is 16.4. The van der Waals surface area contributed by atoms with Crippen LogP contribution in [0.3, 0.4) is 0 Å². The van der Waals surface area contributed by atoms with E-state index >= 15 is 0 Å². The summed E-state index contributed by atoms with van der Waals surface area (Å²) in [5.74, 6) is 1.19. The van der Waals surface area contributed by atoms with Gasteiger partial charge < -0.3 is 29.6 Å². The van der Waals surface area contributed by atoms with E-state index in [0.717, 1.165) is 80.7 Å². The van der Waals surface area contributed by atoms with Gasteiger partial charge in [0.2, 0.25) is 5.82 Å². The molecule has 2 aromatic carbocycles. The Labute approximate surface area is 395 Å². The molecule has 0 unspecified atom stereocenters. The maximum atomic E-state index is 10.9. The molecule has 2 aliphatic heterocycles. The zero-order valence-electron chi connectivity index (χ0n) is 34.1. The van der Waals surface area contributed by atoms with E-state index in [9.17, 15) is 25.0 Å². The molecule has 0 radical (unpaired) electrons. The number of nitro groups is 1. The number of nitrogens with zero attached hydrogens (tertiary/aromatic N) is 7. The number of aromatic nitrogens is 4. The molecule has 5 heterocycles. The van der Waals surface area contributed by atoms with Crippen molar-refractivity contribution in [3.63, 3.8) is 0 Å². The van der Waals surface area contributed by atoms with Gasteiger partial charge in [-0.25, -0.2) is 15.0 Å². The number of hydrogen-bond donors (Lipinski definition) is 3. The van der Waals surface area contributed by atoms with Crippen LogP contribution in [0.4, 0.5) is 11.5 Å². The number of hydrogen-bond acceptors (Lipinski definition) is 15. The third-order valence-corrected chi connectivity index (χ3v) is 11.0. The van der Waals surface area contributed by atoms with E-state index < -0.39 is 37.6 Å². The normalized spacial score (nSPS) is 14.3. The molecule has 0 spiro atoms. The van der Waals surface area contributed by atoms with Gasteiger partial charge in [-0.1, -0.05) is 53.5 Å². The second-order valence-electron chi connectivity index (χ2n) is 13.3. The number of pyridine rings is 2. The predicted molar refractivity (Wildman–Crippen MR) is 241 cm³/mol. The first-order chi connectivity index (χ1) is 29.2. The van der Waals surface area contributed by atoms with Gasteiger partial charge in [0.15, 0.2) is 11.9 Å². The van der Waals surface area contributed by atoms with Crippen LogP contribution in [0.2, 0.25) is 23.7 Å². The molecular formula is C36H42B2Cl2N8Na2O9S2. The number of anilines is 1. The van der Waals surface area contributed by atoms with E-state index in [2.05, 4.69) is 24.7 Å². The minimum atomic E-state index is -2.95. The quantitative estimate of drug-likeness (QED) is 0.0841. The Bertz CT molecular complexity index is 2420. The van der Waals surface area contributed by atoms with E-state index in [1.807, 2.05) is 54.2 Å². The average molecular weight is 933 g/mol. The summed E-state index contributed by atoms with van der Waals surface area (Å²) >= 11 is 14.9. The summed E-state index contributed by atoms with van der Waals surface area (Å²) in [6.45, 7) is 6.83. The van der Waals surface area contributed by atoms with Crippen LogP contribution >= 0.6 is 23.2 Å².